The maximum atomic E-state index is 12.2. The van der Waals surface area contributed by atoms with Gasteiger partial charge in [0.1, 0.15) is 5.75 Å². The summed E-state index contributed by atoms with van der Waals surface area (Å²) in [5.41, 5.74) is 0.226. The lowest BCUT2D eigenvalue weighted by Crippen LogP contribution is -2.46. The minimum atomic E-state index is -0.920. The molecule has 0 heterocycles. The largest absolute Gasteiger partial charge is 0.481 e. The van der Waals surface area contributed by atoms with Gasteiger partial charge in [-0.25, -0.2) is 0 Å². The molecular weight excluding hydrogens is 306 g/mol. The number of ether oxygens (including phenoxy) is 1. The van der Waals surface area contributed by atoms with Crippen molar-refractivity contribution in [1.29, 1.82) is 0 Å². The molecule has 0 fully saturated rings. The fraction of sp³-hybridized carbons (Fsp3) is 0.579. The summed E-state index contributed by atoms with van der Waals surface area (Å²) in [6.07, 6.45) is 4.74. The standard InChI is InChI=1S/C19H29NO4/c1-15-10-12-16(13-11-15)24-19(2,3)18(23)20-14-8-6-4-5-7-9-17(21)22/h10-13H,4-9,14H2,1-3H3,(H,20,23)(H,21,22). The fourth-order valence-corrected chi connectivity index (χ4v) is 2.29. The van der Waals surface area contributed by atoms with Crippen molar-refractivity contribution in [3.8, 4) is 5.75 Å². The summed E-state index contributed by atoms with van der Waals surface area (Å²) in [6, 6.07) is 7.63. The van der Waals surface area contributed by atoms with Gasteiger partial charge in [-0.1, -0.05) is 37.0 Å². The van der Waals surface area contributed by atoms with Crippen molar-refractivity contribution >= 4 is 11.9 Å². The molecule has 1 aromatic rings. The SMILES string of the molecule is Cc1ccc(OC(C)(C)C(=O)NCCCCCCCC(=O)O)cc1. The summed E-state index contributed by atoms with van der Waals surface area (Å²) >= 11 is 0. The highest BCUT2D eigenvalue weighted by atomic mass is 16.5. The number of hydrogen-bond donors (Lipinski definition) is 2. The Morgan fingerprint density at radius 1 is 1.04 bits per heavy atom. The average molecular weight is 335 g/mol. The fourth-order valence-electron chi connectivity index (χ4n) is 2.29. The highest BCUT2D eigenvalue weighted by Crippen LogP contribution is 2.19. The molecule has 24 heavy (non-hydrogen) atoms. The molecule has 0 atom stereocenters. The first-order valence-corrected chi connectivity index (χ1v) is 8.57. The Hall–Kier alpha value is -2.04. The van der Waals surface area contributed by atoms with E-state index in [4.69, 9.17) is 9.84 Å². The number of amides is 1. The molecule has 0 saturated carbocycles. The van der Waals surface area contributed by atoms with Crippen molar-refractivity contribution in [3.05, 3.63) is 29.8 Å². The molecule has 0 aromatic heterocycles. The summed E-state index contributed by atoms with van der Waals surface area (Å²) in [4.78, 5) is 22.6. The Bertz CT molecular complexity index is 523. The molecule has 134 valence electrons. The number of carboxylic acid groups (broad SMARTS) is 1. The Balaban J connectivity index is 2.21. The first-order valence-electron chi connectivity index (χ1n) is 8.57. The summed E-state index contributed by atoms with van der Waals surface area (Å²) in [7, 11) is 0. The van der Waals surface area contributed by atoms with Crippen LogP contribution in [0.5, 0.6) is 5.75 Å². The van der Waals surface area contributed by atoms with Crippen LogP contribution in [0.15, 0.2) is 24.3 Å². The Kier molecular flexibility index (Phi) is 8.30. The normalized spacial score (nSPS) is 11.1. The molecule has 2 N–H and O–H groups in total. The van der Waals surface area contributed by atoms with Crippen LogP contribution in [0.4, 0.5) is 0 Å². The lowest BCUT2D eigenvalue weighted by molar-refractivity contribution is -0.137. The van der Waals surface area contributed by atoms with Crippen LogP contribution in [-0.2, 0) is 9.59 Å². The van der Waals surface area contributed by atoms with Gasteiger partial charge >= 0.3 is 5.97 Å². The van der Waals surface area contributed by atoms with Crippen LogP contribution in [0.2, 0.25) is 0 Å². The summed E-state index contributed by atoms with van der Waals surface area (Å²) < 4.78 is 5.78. The predicted molar refractivity (Wildman–Crippen MR) is 94.2 cm³/mol. The molecule has 0 aliphatic carbocycles. The van der Waals surface area contributed by atoms with Crippen molar-refractivity contribution in [2.75, 3.05) is 6.54 Å². The van der Waals surface area contributed by atoms with Gasteiger partial charge < -0.3 is 15.2 Å². The van der Waals surface area contributed by atoms with Crippen molar-refractivity contribution in [2.45, 2.75) is 64.9 Å². The number of rotatable bonds is 11. The third-order valence-corrected chi connectivity index (χ3v) is 3.79. The van der Waals surface area contributed by atoms with Crippen LogP contribution in [0.1, 0.15) is 57.9 Å². The highest BCUT2D eigenvalue weighted by Gasteiger charge is 2.29. The van der Waals surface area contributed by atoms with E-state index >= 15 is 0 Å². The van der Waals surface area contributed by atoms with Crippen LogP contribution in [0.3, 0.4) is 0 Å². The number of benzene rings is 1. The van der Waals surface area contributed by atoms with E-state index in [0.717, 1.165) is 37.7 Å². The van der Waals surface area contributed by atoms with Gasteiger partial charge in [0, 0.05) is 13.0 Å². The van der Waals surface area contributed by atoms with E-state index in [1.165, 1.54) is 0 Å². The van der Waals surface area contributed by atoms with Gasteiger partial charge in [-0.3, -0.25) is 9.59 Å². The van der Waals surface area contributed by atoms with Gasteiger partial charge in [0.25, 0.3) is 5.91 Å². The van der Waals surface area contributed by atoms with Crippen molar-refractivity contribution in [1.82, 2.24) is 5.32 Å². The number of carboxylic acids is 1. The van der Waals surface area contributed by atoms with Crippen LogP contribution in [-0.4, -0.2) is 29.1 Å². The summed E-state index contributed by atoms with van der Waals surface area (Å²) in [6.45, 7) is 6.13. The van der Waals surface area contributed by atoms with E-state index in [-0.39, 0.29) is 12.3 Å². The van der Waals surface area contributed by atoms with Crippen molar-refractivity contribution < 1.29 is 19.4 Å². The molecule has 0 aliphatic heterocycles. The monoisotopic (exact) mass is 335 g/mol. The van der Waals surface area contributed by atoms with Crippen LogP contribution in [0.25, 0.3) is 0 Å². The molecule has 0 radical (unpaired) electrons. The van der Waals surface area contributed by atoms with Crippen molar-refractivity contribution in [3.63, 3.8) is 0 Å². The molecule has 1 rings (SSSR count). The minimum absolute atomic E-state index is 0.131. The van der Waals surface area contributed by atoms with E-state index in [1.807, 2.05) is 31.2 Å². The predicted octanol–water partition coefficient (Wildman–Crippen LogP) is 3.69. The minimum Gasteiger partial charge on any atom is -0.481 e. The van der Waals surface area contributed by atoms with Gasteiger partial charge in [-0.05, 0) is 45.7 Å². The number of hydrogen-bond acceptors (Lipinski definition) is 3. The highest BCUT2D eigenvalue weighted by molar-refractivity contribution is 5.84. The summed E-state index contributed by atoms with van der Waals surface area (Å²) in [5, 5.41) is 11.5. The van der Waals surface area contributed by atoms with Crippen molar-refractivity contribution in [2.24, 2.45) is 0 Å². The number of unbranched alkanes of at least 4 members (excludes halogenated alkanes) is 4. The van der Waals surface area contributed by atoms with Gasteiger partial charge in [0.05, 0.1) is 0 Å². The molecule has 1 aromatic carbocycles. The second-order valence-electron chi connectivity index (χ2n) is 6.59. The average Bonchev–Trinajstić information content (AvgIpc) is 2.51. The number of carbonyl (C=O) groups excluding carboxylic acids is 1. The number of aryl methyl sites for hydroxylation is 1. The van der Waals surface area contributed by atoms with E-state index < -0.39 is 11.6 Å². The second-order valence-corrected chi connectivity index (χ2v) is 6.59. The molecule has 0 aliphatic rings. The molecule has 0 saturated heterocycles. The van der Waals surface area contributed by atoms with Crippen LogP contribution >= 0.6 is 0 Å². The van der Waals surface area contributed by atoms with Gasteiger partial charge in [-0.2, -0.15) is 0 Å². The molecule has 0 unspecified atom stereocenters. The molecular formula is C19H29NO4. The first kappa shape index (κ1) is 20.0. The molecule has 5 nitrogen and oxygen atoms in total. The Labute approximate surface area is 144 Å². The second kappa shape index (κ2) is 9.96. The lowest BCUT2D eigenvalue weighted by Gasteiger charge is -2.25. The van der Waals surface area contributed by atoms with E-state index in [1.54, 1.807) is 13.8 Å². The van der Waals surface area contributed by atoms with Crippen LogP contribution in [0, 0.1) is 6.92 Å². The van der Waals surface area contributed by atoms with E-state index in [9.17, 15) is 9.59 Å². The topological polar surface area (TPSA) is 75.6 Å². The van der Waals surface area contributed by atoms with E-state index in [2.05, 4.69) is 5.32 Å². The van der Waals surface area contributed by atoms with Crippen LogP contribution < -0.4 is 10.1 Å². The first-order chi connectivity index (χ1) is 11.3. The molecule has 0 bridgehead atoms. The number of nitrogens with one attached hydrogen (secondary N) is 1. The van der Waals surface area contributed by atoms with Gasteiger partial charge in [-0.15, -0.1) is 0 Å². The number of carbonyl (C=O) groups is 2. The third kappa shape index (κ3) is 7.99. The smallest absolute Gasteiger partial charge is 0.303 e. The van der Waals surface area contributed by atoms with Gasteiger partial charge in [0.2, 0.25) is 0 Å². The Morgan fingerprint density at radius 3 is 2.25 bits per heavy atom. The quantitative estimate of drug-likeness (QED) is 0.605. The zero-order valence-corrected chi connectivity index (χ0v) is 14.9. The lowest BCUT2D eigenvalue weighted by atomic mass is 10.1. The zero-order valence-electron chi connectivity index (χ0n) is 14.9. The Morgan fingerprint density at radius 2 is 1.62 bits per heavy atom. The maximum absolute atomic E-state index is 12.2. The molecule has 0 spiro atoms. The molecule has 1 amide bonds. The van der Waals surface area contributed by atoms with Gasteiger partial charge in [0.15, 0.2) is 5.60 Å². The summed E-state index contributed by atoms with van der Waals surface area (Å²) in [5.74, 6) is -0.189. The van der Waals surface area contributed by atoms with E-state index in [0.29, 0.717) is 12.3 Å². The number of aliphatic carboxylic acids is 1. The molecule has 5 heteroatoms. The third-order valence-electron chi connectivity index (χ3n) is 3.79. The zero-order chi connectivity index (χ0) is 18.0. The maximum Gasteiger partial charge on any atom is 0.303 e.